The van der Waals surface area contributed by atoms with Gasteiger partial charge in [0.2, 0.25) is 0 Å². The van der Waals surface area contributed by atoms with Crippen LogP contribution in [0.2, 0.25) is 0 Å². The SMILES string of the molecule is CCCCc1ccc(C(=O)Cc2nccs2)cc1. The van der Waals surface area contributed by atoms with Crippen molar-refractivity contribution in [1.82, 2.24) is 4.98 Å². The molecule has 0 saturated carbocycles. The van der Waals surface area contributed by atoms with Crippen LogP contribution in [0.3, 0.4) is 0 Å². The fourth-order valence-corrected chi connectivity index (χ4v) is 2.43. The van der Waals surface area contributed by atoms with Crippen LogP contribution in [0, 0.1) is 0 Å². The monoisotopic (exact) mass is 259 g/mol. The van der Waals surface area contributed by atoms with Crippen molar-refractivity contribution in [2.45, 2.75) is 32.6 Å². The molecule has 0 N–H and O–H groups in total. The van der Waals surface area contributed by atoms with Gasteiger partial charge in [-0.25, -0.2) is 4.98 Å². The standard InChI is InChI=1S/C15H17NOS/c1-2-3-4-12-5-7-13(8-6-12)14(17)11-15-16-9-10-18-15/h5-10H,2-4,11H2,1H3. The third kappa shape index (κ3) is 3.50. The first-order valence-electron chi connectivity index (χ1n) is 6.30. The second kappa shape index (κ2) is 6.45. The molecule has 2 nitrogen and oxygen atoms in total. The predicted octanol–water partition coefficient (Wildman–Crippen LogP) is 3.91. The van der Waals surface area contributed by atoms with Crippen LogP contribution in [0.25, 0.3) is 0 Å². The number of hydrogen-bond acceptors (Lipinski definition) is 3. The van der Waals surface area contributed by atoms with Crippen molar-refractivity contribution >= 4 is 17.1 Å². The van der Waals surface area contributed by atoms with E-state index in [1.807, 2.05) is 17.5 Å². The Morgan fingerprint density at radius 1 is 1.28 bits per heavy atom. The van der Waals surface area contributed by atoms with Crippen LogP contribution in [0.1, 0.15) is 40.7 Å². The van der Waals surface area contributed by atoms with E-state index in [2.05, 4.69) is 24.0 Å². The number of rotatable bonds is 6. The Kier molecular flexibility index (Phi) is 4.65. The van der Waals surface area contributed by atoms with E-state index in [1.54, 1.807) is 6.20 Å². The third-order valence-corrected chi connectivity index (χ3v) is 3.67. The van der Waals surface area contributed by atoms with Gasteiger partial charge in [-0.2, -0.15) is 0 Å². The van der Waals surface area contributed by atoms with Crippen LogP contribution in [-0.2, 0) is 12.8 Å². The maximum atomic E-state index is 12.0. The average Bonchev–Trinajstić information content (AvgIpc) is 2.89. The predicted molar refractivity (Wildman–Crippen MR) is 75.2 cm³/mol. The van der Waals surface area contributed by atoms with Gasteiger partial charge in [0.25, 0.3) is 0 Å². The highest BCUT2D eigenvalue weighted by molar-refractivity contribution is 7.09. The second-order valence-corrected chi connectivity index (χ2v) is 5.31. The van der Waals surface area contributed by atoms with Crippen molar-refractivity contribution in [3.63, 3.8) is 0 Å². The summed E-state index contributed by atoms with van der Waals surface area (Å²) in [4.78, 5) is 16.1. The van der Waals surface area contributed by atoms with Gasteiger partial charge in [-0.05, 0) is 18.4 Å². The molecule has 18 heavy (non-hydrogen) atoms. The molecule has 0 amide bonds. The molecule has 1 aromatic carbocycles. The minimum absolute atomic E-state index is 0.145. The molecule has 94 valence electrons. The number of hydrogen-bond donors (Lipinski definition) is 0. The highest BCUT2D eigenvalue weighted by atomic mass is 32.1. The molecule has 0 atom stereocenters. The van der Waals surface area contributed by atoms with E-state index in [4.69, 9.17) is 0 Å². The minimum Gasteiger partial charge on any atom is -0.294 e. The number of benzene rings is 1. The molecule has 0 fully saturated rings. The normalized spacial score (nSPS) is 10.5. The number of nitrogens with zero attached hydrogens (tertiary/aromatic N) is 1. The van der Waals surface area contributed by atoms with Crippen LogP contribution >= 0.6 is 11.3 Å². The maximum absolute atomic E-state index is 12.0. The summed E-state index contributed by atoms with van der Waals surface area (Å²) in [5.41, 5.74) is 2.09. The number of carbonyl (C=O) groups is 1. The van der Waals surface area contributed by atoms with Crippen molar-refractivity contribution in [2.75, 3.05) is 0 Å². The van der Waals surface area contributed by atoms with Crippen molar-refractivity contribution in [3.05, 3.63) is 52.0 Å². The van der Waals surface area contributed by atoms with E-state index in [9.17, 15) is 4.79 Å². The molecule has 3 heteroatoms. The molecule has 0 saturated heterocycles. The van der Waals surface area contributed by atoms with Gasteiger partial charge in [0.15, 0.2) is 5.78 Å². The number of ketones is 1. The Balaban J connectivity index is 1.98. The van der Waals surface area contributed by atoms with E-state index in [0.717, 1.165) is 17.0 Å². The second-order valence-electron chi connectivity index (χ2n) is 4.33. The lowest BCUT2D eigenvalue weighted by atomic mass is 10.0. The van der Waals surface area contributed by atoms with Gasteiger partial charge in [0.05, 0.1) is 6.42 Å². The Morgan fingerprint density at radius 3 is 2.67 bits per heavy atom. The van der Waals surface area contributed by atoms with Gasteiger partial charge in [0.1, 0.15) is 5.01 Å². The number of unbranched alkanes of at least 4 members (excludes halogenated alkanes) is 1. The Bertz CT molecular complexity index is 488. The summed E-state index contributed by atoms with van der Waals surface area (Å²) in [7, 11) is 0. The zero-order valence-corrected chi connectivity index (χ0v) is 11.4. The van der Waals surface area contributed by atoms with E-state index in [0.29, 0.717) is 6.42 Å². The van der Waals surface area contributed by atoms with Crippen molar-refractivity contribution < 1.29 is 4.79 Å². The summed E-state index contributed by atoms with van der Waals surface area (Å²) >= 11 is 1.53. The van der Waals surface area contributed by atoms with E-state index in [-0.39, 0.29) is 5.78 Å². The van der Waals surface area contributed by atoms with Crippen LogP contribution in [-0.4, -0.2) is 10.8 Å². The van der Waals surface area contributed by atoms with E-state index >= 15 is 0 Å². The Morgan fingerprint density at radius 2 is 2.06 bits per heavy atom. The molecule has 0 spiro atoms. The number of Topliss-reactive ketones (excluding diaryl/α,β-unsaturated/α-hetero) is 1. The quantitative estimate of drug-likeness (QED) is 0.736. The molecule has 0 aliphatic heterocycles. The number of aryl methyl sites for hydroxylation is 1. The molecule has 0 aliphatic carbocycles. The summed E-state index contributed by atoms with van der Waals surface area (Å²) < 4.78 is 0. The molecule has 2 rings (SSSR count). The topological polar surface area (TPSA) is 30.0 Å². The van der Waals surface area contributed by atoms with Crippen LogP contribution in [0.15, 0.2) is 35.8 Å². The summed E-state index contributed by atoms with van der Waals surface area (Å²) in [5, 5.41) is 2.78. The highest BCUT2D eigenvalue weighted by Gasteiger charge is 2.08. The largest absolute Gasteiger partial charge is 0.294 e. The highest BCUT2D eigenvalue weighted by Crippen LogP contribution is 2.12. The molecule has 1 aromatic heterocycles. The fraction of sp³-hybridized carbons (Fsp3) is 0.333. The zero-order valence-electron chi connectivity index (χ0n) is 10.6. The lowest BCUT2D eigenvalue weighted by molar-refractivity contribution is 0.0993. The van der Waals surface area contributed by atoms with Gasteiger partial charge in [-0.1, -0.05) is 37.6 Å². The molecule has 0 radical (unpaired) electrons. The molecule has 0 bridgehead atoms. The number of carbonyl (C=O) groups excluding carboxylic acids is 1. The van der Waals surface area contributed by atoms with Gasteiger partial charge >= 0.3 is 0 Å². The molecule has 0 unspecified atom stereocenters. The van der Waals surface area contributed by atoms with E-state index < -0.39 is 0 Å². The first-order chi connectivity index (χ1) is 8.79. The molecule has 2 aromatic rings. The Hall–Kier alpha value is -1.48. The molecule has 0 aliphatic rings. The molecule has 1 heterocycles. The number of aromatic nitrogens is 1. The summed E-state index contributed by atoms with van der Waals surface area (Å²) in [5.74, 6) is 0.145. The average molecular weight is 259 g/mol. The van der Waals surface area contributed by atoms with Crippen LogP contribution in [0.5, 0.6) is 0 Å². The third-order valence-electron chi connectivity index (χ3n) is 2.89. The van der Waals surface area contributed by atoms with Crippen molar-refractivity contribution in [3.8, 4) is 0 Å². The first kappa shape index (κ1) is 13.0. The van der Waals surface area contributed by atoms with Crippen molar-refractivity contribution in [2.24, 2.45) is 0 Å². The summed E-state index contributed by atoms with van der Waals surface area (Å²) in [6, 6.07) is 7.98. The Labute approximate surface area is 112 Å². The maximum Gasteiger partial charge on any atom is 0.169 e. The van der Waals surface area contributed by atoms with E-state index in [1.165, 1.54) is 29.7 Å². The zero-order chi connectivity index (χ0) is 12.8. The van der Waals surface area contributed by atoms with Gasteiger partial charge in [0, 0.05) is 17.1 Å². The lowest BCUT2D eigenvalue weighted by Crippen LogP contribution is -2.03. The van der Waals surface area contributed by atoms with Crippen LogP contribution < -0.4 is 0 Å². The summed E-state index contributed by atoms with van der Waals surface area (Å²) in [6.07, 6.45) is 5.64. The van der Waals surface area contributed by atoms with Gasteiger partial charge in [-0.15, -0.1) is 11.3 Å². The van der Waals surface area contributed by atoms with Crippen molar-refractivity contribution in [1.29, 1.82) is 0 Å². The first-order valence-corrected chi connectivity index (χ1v) is 7.18. The molecular weight excluding hydrogens is 242 g/mol. The number of thiazole rings is 1. The smallest absolute Gasteiger partial charge is 0.169 e. The summed E-state index contributed by atoms with van der Waals surface area (Å²) in [6.45, 7) is 2.19. The van der Waals surface area contributed by atoms with Gasteiger partial charge < -0.3 is 0 Å². The fourth-order valence-electron chi connectivity index (χ4n) is 1.82. The van der Waals surface area contributed by atoms with Gasteiger partial charge in [-0.3, -0.25) is 4.79 Å². The lowest BCUT2D eigenvalue weighted by Gasteiger charge is -2.02. The van der Waals surface area contributed by atoms with Crippen LogP contribution in [0.4, 0.5) is 0 Å². The molecular formula is C15H17NOS. The minimum atomic E-state index is 0.145.